The summed E-state index contributed by atoms with van der Waals surface area (Å²) in [5.74, 6) is 0.641. The molecule has 0 bridgehead atoms. The molecule has 94 valence electrons. The molecule has 0 amide bonds. The number of allylic oxidation sites excluding steroid dienone is 3. The third kappa shape index (κ3) is 3.18. The first-order chi connectivity index (χ1) is 8.85. The molecule has 0 fully saturated rings. The van der Waals surface area contributed by atoms with Gasteiger partial charge < -0.3 is 4.29 Å². The highest BCUT2D eigenvalue weighted by molar-refractivity contribution is 8.15. The molecule has 0 saturated heterocycles. The molecule has 1 aliphatic carbocycles. The average molecular weight is 280 g/mol. The summed E-state index contributed by atoms with van der Waals surface area (Å²) in [5.41, 5.74) is 0.933. The Hall–Kier alpha value is -1.19. The number of hydrogen-bond donors (Lipinski definition) is 0. The van der Waals surface area contributed by atoms with Crippen LogP contribution in [0.3, 0.4) is 0 Å². The van der Waals surface area contributed by atoms with Gasteiger partial charge in [-0.2, -0.15) is 0 Å². The molecule has 18 heavy (non-hydrogen) atoms. The van der Waals surface area contributed by atoms with E-state index in [-0.39, 0.29) is 0 Å². The number of nitrogens with zero attached hydrogens (tertiary/aromatic N) is 1. The normalized spacial score (nSPS) is 19.0. The van der Waals surface area contributed by atoms with Gasteiger partial charge in [0.15, 0.2) is 5.75 Å². The highest BCUT2D eigenvalue weighted by atomic mass is 35.5. The van der Waals surface area contributed by atoms with Crippen molar-refractivity contribution in [2.45, 2.75) is 11.7 Å². The Morgan fingerprint density at radius 3 is 2.89 bits per heavy atom. The van der Waals surface area contributed by atoms with E-state index in [0.717, 1.165) is 17.0 Å². The molecule has 1 unspecified atom stereocenters. The van der Waals surface area contributed by atoms with E-state index in [0.29, 0.717) is 11.0 Å². The van der Waals surface area contributed by atoms with Crippen molar-refractivity contribution in [1.82, 2.24) is 0 Å². The lowest BCUT2D eigenvalue weighted by Crippen LogP contribution is -2.06. The van der Waals surface area contributed by atoms with Crippen LogP contribution in [0.4, 0.5) is 0 Å². The van der Waals surface area contributed by atoms with Crippen LogP contribution in [0.2, 0.25) is 0 Å². The maximum absolute atomic E-state index is 5.49. The Morgan fingerprint density at radius 2 is 2.22 bits per heavy atom. The van der Waals surface area contributed by atoms with Gasteiger partial charge in [-0.1, -0.05) is 48.2 Å². The van der Waals surface area contributed by atoms with Crippen molar-refractivity contribution in [1.29, 1.82) is 0 Å². The van der Waals surface area contributed by atoms with Crippen LogP contribution < -0.4 is 4.29 Å². The van der Waals surface area contributed by atoms with Gasteiger partial charge >= 0.3 is 0 Å². The summed E-state index contributed by atoms with van der Waals surface area (Å²) in [6, 6.07) is 7.65. The van der Waals surface area contributed by atoms with Gasteiger partial charge in [-0.25, -0.2) is 0 Å². The molecule has 1 atom stereocenters. The molecule has 1 aromatic rings. The molecule has 1 aliphatic rings. The van der Waals surface area contributed by atoms with Crippen LogP contribution in [0, 0.1) is 0 Å². The molecule has 2 rings (SSSR count). The summed E-state index contributed by atoms with van der Waals surface area (Å²) in [4.78, 5) is 4.34. The lowest BCUT2D eigenvalue weighted by molar-refractivity contribution is 0.618. The van der Waals surface area contributed by atoms with Crippen LogP contribution in [0.5, 0.6) is 5.75 Å². The standard InChI is InChI=1S/C14H14ClNOS/c1-16-14(18-11-7-3-2-4-8-11)12-9-5-6-10-13(12)17-15/h2-7,9-11H,8H2,1H3/b16-14-. The van der Waals surface area contributed by atoms with Crippen LogP contribution in [0.25, 0.3) is 0 Å². The van der Waals surface area contributed by atoms with E-state index >= 15 is 0 Å². The zero-order valence-corrected chi connectivity index (χ0v) is 11.6. The second-order valence-electron chi connectivity index (χ2n) is 3.81. The summed E-state index contributed by atoms with van der Waals surface area (Å²) in [7, 11) is 1.79. The van der Waals surface area contributed by atoms with Gasteiger partial charge in [0.25, 0.3) is 0 Å². The van der Waals surface area contributed by atoms with Crippen LogP contribution in [0.15, 0.2) is 53.6 Å². The third-order valence-corrected chi connectivity index (χ3v) is 4.05. The topological polar surface area (TPSA) is 21.6 Å². The van der Waals surface area contributed by atoms with Gasteiger partial charge in [0, 0.05) is 12.3 Å². The zero-order chi connectivity index (χ0) is 12.8. The monoisotopic (exact) mass is 279 g/mol. The Balaban J connectivity index is 2.18. The van der Waals surface area contributed by atoms with E-state index < -0.39 is 0 Å². The Bertz CT molecular complexity index is 496. The molecule has 0 spiro atoms. The van der Waals surface area contributed by atoms with Gasteiger partial charge in [-0.3, -0.25) is 4.99 Å². The van der Waals surface area contributed by atoms with E-state index in [9.17, 15) is 0 Å². The number of benzene rings is 1. The molecule has 1 aromatic carbocycles. The van der Waals surface area contributed by atoms with Crippen molar-refractivity contribution >= 4 is 28.7 Å². The van der Waals surface area contributed by atoms with Crippen LogP contribution in [-0.4, -0.2) is 17.3 Å². The van der Waals surface area contributed by atoms with Crippen molar-refractivity contribution in [3.8, 4) is 5.75 Å². The van der Waals surface area contributed by atoms with E-state index in [2.05, 4.69) is 29.3 Å². The first kappa shape index (κ1) is 13.2. The first-order valence-electron chi connectivity index (χ1n) is 5.70. The quantitative estimate of drug-likeness (QED) is 0.610. The highest BCUT2D eigenvalue weighted by Crippen LogP contribution is 2.29. The largest absolute Gasteiger partial charge is 0.385 e. The number of para-hydroxylation sites is 1. The number of aliphatic imine (C=N–C) groups is 1. The molecular formula is C14H14ClNOS. The molecule has 0 aliphatic heterocycles. The predicted molar refractivity (Wildman–Crippen MR) is 79.7 cm³/mol. The van der Waals surface area contributed by atoms with Crippen molar-refractivity contribution in [2.75, 3.05) is 7.05 Å². The smallest absolute Gasteiger partial charge is 0.156 e. The molecule has 2 nitrogen and oxygen atoms in total. The lowest BCUT2D eigenvalue weighted by atomic mass is 10.2. The van der Waals surface area contributed by atoms with Crippen LogP contribution >= 0.6 is 23.6 Å². The fraction of sp³-hybridized carbons (Fsp3) is 0.214. The zero-order valence-electron chi connectivity index (χ0n) is 10.0. The lowest BCUT2D eigenvalue weighted by Gasteiger charge is -2.15. The van der Waals surface area contributed by atoms with Gasteiger partial charge in [0.05, 0.1) is 5.56 Å². The second kappa shape index (κ2) is 6.66. The van der Waals surface area contributed by atoms with Crippen molar-refractivity contribution in [3.63, 3.8) is 0 Å². The Kier molecular flexibility index (Phi) is 4.90. The highest BCUT2D eigenvalue weighted by Gasteiger charge is 2.15. The molecule has 0 saturated carbocycles. The minimum absolute atomic E-state index is 0.414. The molecule has 4 heteroatoms. The molecule has 0 radical (unpaired) electrons. The third-order valence-electron chi connectivity index (χ3n) is 2.61. The molecule has 0 N–H and O–H groups in total. The van der Waals surface area contributed by atoms with Gasteiger partial charge in [-0.05, 0) is 18.6 Å². The summed E-state index contributed by atoms with van der Waals surface area (Å²) < 4.78 is 4.86. The van der Waals surface area contributed by atoms with Crippen molar-refractivity contribution < 1.29 is 4.29 Å². The van der Waals surface area contributed by atoms with Gasteiger partial charge in [0.1, 0.15) is 16.9 Å². The number of thioether (sulfide) groups is 1. The Labute approximate surface area is 117 Å². The fourth-order valence-electron chi connectivity index (χ4n) is 1.74. The molecule has 0 heterocycles. The van der Waals surface area contributed by atoms with E-state index in [1.165, 1.54) is 0 Å². The predicted octanol–water partition coefficient (Wildman–Crippen LogP) is 4.21. The van der Waals surface area contributed by atoms with Crippen LogP contribution in [-0.2, 0) is 0 Å². The SMILES string of the molecule is C/N=C(\SC1C=CC=CC1)c1ccccc1OCl. The Morgan fingerprint density at radius 1 is 1.39 bits per heavy atom. The molecular weight excluding hydrogens is 266 g/mol. The maximum atomic E-state index is 5.49. The van der Waals surface area contributed by atoms with E-state index in [1.54, 1.807) is 18.8 Å². The fourth-order valence-corrected chi connectivity index (χ4v) is 2.93. The average Bonchev–Trinajstić information content (AvgIpc) is 2.46. The minimum Gasteiger partial charge on any atom is -0.385 e. The summed E-state index contributed by atoms with van der Waals surface area (Å²) in [6.45, 7) is 0. The number of rotatable bonds is 3. The minimum atomic E-state index is 0.414. The summed E-state index contributed by atoms with van der Waals surface area (Å²) >= 11 is 7.21. The second-order valence-corrected chi connectivity index (χ2v) is 5.19. The van der Waals surface area contributed by atoms with Gasteiger partial charge in [-0.15, -0.1) is 0 Å². The first-order valence-corrected chi connectivity index (χ1v) is 6.88. The van der Waals surface area contributed by atoms with Crippen LogP contribution in [0.1, 0.15) is 12.0 Å². The number of halogens is 1. The number of hydrogen-bond acceptors (Lipinski definition) is 3. The van der Waals surface area contributed by atoms with Crippen molar-refractivity contribution in [2.24, 2.45) is 4.99 Å². The van der Waals surface area contributed by atoms with Gasteiger partial charge in [0.2, 0.25) is 0 Å². The summed E-state index contributed by atoms with van der Waals surface area (Å²) in [5, 5.41) is 1.35. The molecule has 0 aromatic heterocycles. The maximum Gasteiger partial charge on any atom is 0.156 e. The summed E-state index contributed by atoms with van der Waals surface area (Å²) in [6.07, 6.45) is 9.49. The van der Waals surface area contributed by atoms with E-state index in [4.69, 9.17) is 16.2 Å². The van der Waals surface area contributed by atoms with E-state index in [1.807, 2.05) is 24.3 Å². The van der Waals surface area contributed by atoms with Crippen molar-refractivity contribution in [3.05, 3.63) is 54.1 Å².